The van der Waals surface area contributed by atoms with E-state index in [1.165, 1.54) is 19.2 Å². The topological polar surface area (TPSA) is 145 Å². The van der Waals surface area contributed by atoms with Crippen molar-refractivity contribution in [1.82, 2.24) is 0 Å². The smallest absolute Gasteiger partial charge is 0.491 e. The number of anilines is 2. The van der Waals surface area contributed by atoms with Gasteiger partial charge in [0.05, 0.1) is 18.5 Å². The summed E-state index contributed by atoms with van der Waals surface area (Å²) in [6.07, 6.45) is -5.40. The quantitative estimate of drug-likeness (QED) is 0.219. The molecule has 9 nitrogen and oxygen atoms in total. The molecule has 0 radical (unpaired) electrons. The van der Waals surface area contributed by atoms with Crippen molar-refractivity contribution in [2.24, 2.45) is 0 Å². The van der Waals surface area contributed by atoms with Crippen LogP contribution in [0.4, 0.5) is 24.5 Å². The second-order valence-corrected chi connectivity index (χ2v) is 10.3. The van der Waals surface area contributed by atoms with Crippen molar-refractivity contribution in [3.05, 3.63) is 52.4 Å². The zero-order valence-corrected chi connectivity index (χ0v) is 19.7. The summed E-state index contributed by atoms with van der Waals surface area (Å²) < 4.78 is 74.5. The molecule has 35 heavy (non-hydrogen) atoms. The molecular formula is C20H14ClF3N2O7S2. The van der Waals surface area contributed by atoms with E-state index in [9.17, 15) is 31.2 Å². The number of sulfonamides is 1. The summed E-state index contributed by atoms with van der Waals surface area (Å²) in [5, 5.41) is 9.14. The Morgan fingerprint density at radius 2 is 1.80 bits per heavy atom. The molecule has 0 aliphatic heterocycles. The molecule has 1 heterocycles. The number of benzene rings is 2. The third kappa shape index (κ3) is 5.78. The third-order valence-electron chi connectivity index (χ3n) is 4.37. The first kappa shape index (κ1) is 26.1. The number of nitrogens with two attached hydrogens (primary N) is 1. The highest BCUT2D eigenvalue weighted by molar-refractivity contribution is 7.94. The molecular weight excluding hydrogens is 537 g/mol. The maximum Gasteiger partial charge on any atom is 0.491 e. The molecule has 15 heteroatoms. The lowest BCUT2D eigenvalue weighted by Crippen LogP contribution is -2.28. The summed E-state index contributed by atoms with van der Waals surface area (Å²) in [4.78, 5) is 22.4. The molecule has 0 saturated heterocycles. The third-order valence-corrected chi connectivity index (χ3v) is 7.58. The van der Waals surface area contributed by atoms with Crippen LogP contribution in [0.15, 0.2) is 46.7 Å². The van der Waals surface area contributed by atoms with E-state index in [4.69, 9.17) is 27.2 Å². The van der Waals surface area contributed by atoms with Gasteiger partial charge < -0.3 is 20.3 Å². The number of alkyl halides is 3. The molecule has 0 atom stereocenters. The average Bonchev–Trinajstić information content (AvgIpc) is 3.15. The zero-order chi connectivity index (χ0) is 26.1. The van der Waals surface area contributed by atoms with E-state index >= 15 is 0 Å². The van der Waals surface area contributed by atoms with Gasteiger partial charge in [-0.25, -0.2) is 18.0 Å². The summed E-state index contributed by atoms with van der Waals surface area (Å²) >= 11 is 6.91. The first-order chi connectivity index (χ1) is 16.2. The van der Waals surface area contributed by atoms with Gasteiger partial charge in [0.25, 0.3) is 10.0 Å². The molecule has 3 aromatic rings. The van der Waals surface area contributed by atoms with Crippen molar-refractivity contribution in [2.45, 2.75) is 10.4 Å². The standard InChI is InChI=1S/C20H14ClF3N2O7S2/c1-32-14-5-2-9(6-13(14)25)12-8-16(34-17(12)21)35(30,31)26-10-3-4-11(18(27)28)15(7-10)33-19(29)20(22,23)24/h2-8,26H,25H2,1H3,(H,27,28). The fraction of sp³-hybridized carbons (Fsp3) is 0.100. The van der Waals surface area contributed by atoms with Crippen molar-refractivity contribution in [3.63, 3.8) is 0 Å². The summed E-state index contributed by atoms with van der Waals surface area (Å²) in [6.45, 7) is 0. The molecule has 0 aliphatic rings. The molecule has 0 unspecified atom stereocenters. The lowest BCUT2D eigenvalue weighted by atomic mass is 10.1. The van der Waals surface area contributed by atoms with E-state index < -0.39 is 39.5 Å². The van der Waals surface area contributed by atoms with Crippen LogP contribution in [0.5, 0.6) is 11.5 Å². The Morgan fingerprint density at radius 1 is 1.11 bits per heavy atom. The molecule has 0 saturated carbocycles. The summed E-state index contributed by atoms with van der Waals surface area (Å²) in [6, 6.07) is 8.37. The lowest BCUT2D eigenvalue weighted by Gasteiger charge is -2.12. The number of ether oxygens (including phenoxy) is 2. The highest BCUT2D eigenvalue weighted by atomic mass is 35.5. The minimum Gasteiger partial charge on any atom is -0.495 e. The summed E-state index contributed by atoms with van der Waals surface area (Å²) in [7, 11) is -2.91. The second kappa shape index (κ2) is 9.64. The van der Waals surface area contributed by atoms with Gasteiger partial charge in [-0.2, -0.15) is 13.2 Å². The number of hydrogen-bond acceptors (Lipinski definition) is 8. The predicted octanol–water partition coefficient (Wildman–Crippen LogP) is 4.63. The number of halogens is 4. The van der Waals surface area contributed by atoms with Gasteiger partial charge in [-0.3, -0.25) is 4.72 Å². The number of rotatable bonds is 7. The van der Waals surface area contributed by atoms with Crippen molar-refractivity contribution >= 4 is 56.3 Å². The predicted molar refractivity (Wildman–Crippen MR) is 122 cm³/mol. The number of nitrogen functional groups attached to an aromatic ring is 1. The highest BCUT2D eigenvalue weighted by Gasteiger charge is 2.42. The van der Waals surface area contributed by atoms with Crippen molar-refractivity contribution < 1.29 is 45.8 Å². The number of hydrogen-bond donors (Lipinski definition) is 3. The van der Waals surface area contributed by atoms with Gasteiger partial charge in [-0.05, 0) is 35.9 Å². The van der Waals surface area contributed by atoms with Gasteiger partial charge in [-0.1, -0.05) is 17.7 Å². The molecule has 1 aromatic heterocycles. The van der Waals surface area contributed by atoms with Crippen LogP contribution >= 0.6 is 22.9 Å². The number of carbonyl (C=O) groups is 2. The van der Waals surface area contributed by atoms with E-state index in [1.54, 1.807) is 12.1 Å². The Balaban J connectivity index is 1.94. The van der Waals surface area contributed by atoms with E-state index in [-0.39, 0.29) is 19.9 Å². The molecule has 2 aromatic carbocycles. The minimum absolute atomic E-state index is 0.107. The van der Waals surface area contributed by atoms with Crippen molar-refractivity contribution in [1.29, 1.82) is 0 Å². The number of carbonyl (C=O) groups excluding carboxylic acids is 1. The number of aromatic carboxylic acids is 1. The van der Waals surface area contributed by atoms with Crippen LogP contribution in [0.2, 0.25) is 4.34 Å². The molecule has 0 bridgehead atoms. The van der Waals surface area contributed by atoms with E-state index in [0.29, 0.717) is 34.3 Å². The van der Waals surface area contributed by atoms with Crippen LogP contribution in [0.3, 0.4) is 0 Å². The van der Waals surface area contributed by atoms with Crippen molar-refractivity contribution in [3.8, 4) is 22.6 Å². The van der Waals surface area contributed by atoms with Gasteiger partial charge in [0.1, 0.15) is 25.6 Å². The molecule has 3 rings (SSSR count). The number of nitrogens with one attached hydrogen (secondary N) is 1. The van der Waals surface area contributed by atoms with Gasteiger partial charge in [-0.15, -0.1) is 11.3 Å². The second-order valence-electron chi connectivity index (χ2n) is 6.72. The monoisotopic (exact) mass is 550 g/mol. The van der Waals surface area contributed by atoms with Gasteiger partial charge in [0.15, 0.2) is 0 Å². The van der Waals surface area contributed by atoms with Gasteiger partial charge in [0.2, 0.25) is 0 Å². The fourth-order valence-electron chi connectivity index (χ4n) is 2.79. The Morgan fingerprint density at radius 3 is 2.37 bits per heavy atom. The average molecular weight is 551 g/mol. The first-order valence-corrected chi connectivity index (χ1v) is 11.8. The van der Waals surface area contributed by atoms with Gasteiger partial charge in [0, 0.05) is 11.6 Å². The fourth-order valence-corrected chi connectivity index (χ4v) is 5.60. The summed E-state index contributed by atoms with van der Waals surface area (Å²) in [5.74, 6) is -4.97. The number of thiophene rings is 1. The molecule has 0 spiro atoms. The lowest BCUT2D eigenvalue weighted by molar-refractivity contribution is -0.189. The van der Waals surface area contributed by atoms with Crippen LogP contribution in [0.1, 0.15) is 10.4 Å². The Kier molecular flexibility index (Phi) is 7.19. The van der Waals surface area contributed by atoms with E-state index in [1.807, 2.05) is 0 Å². The normalized spacial score (nSPS) is 11.7. The number of esters is 1. The molecule has 4 N–H and O–H groups in total. The first-order valence-electron chi connectivity index (χ1n) is 9.15. The van der Waals surface area contributed by atoms with Crippen LogP contribution < -0.4 is 19.9 Å². The number of methoxy groups -OCH3 is 1. The summed E-state index contributed by atoms with van der Waals surface area (Å²) in [5.41, 5.74) is 5.86. The molecule has 0 amide bonds. The SMILES string of the molecule is COc1ccc(-c2cc(S(=O)(=O)Nc3ccc(C(=O)O)c(OC(=O)C(F)(F)F)c3)sc2Cl)cc1N. The Hall–Kier alpha value is -3.49. The van der Waals surface area contributed by atoms with Crippen LogP contribution in [0, 0.1) is 0 Å². The Bertz CT molecular complexity index is 1420. The molecule has 186 valence electrons. The minimum atomic E-state index is -5.40. The largest absolute Gasteiger partial charge is 0.495 e. The number of carboxylic acid groups (broad SMARTS) is 1. The van der Waals surface area contributed by atoms with Crippen LogP contribution in [0.25, 0.3) is 11.1 Å². The molecule has 0 fully saturated rings. The zero-order valence-electron chi connectivity index (χ0n) is 17.3. The van der Waals surface area contributed by atoms with E-state index in [2.05, 4.69) is 9.46 Å². The molecule has 0 aliphatic carbocycles. The Labute approximate surface area is 204 Å². The van der Waals surface area contributed by atoms with Crippen molar-refractivity contribution in [2.75, 3.05) is 17.6 Å². The maximum atomic E-state index is 12.9. The van der Waals surface area contributed by atoms with Crippen LogP contribution in [-0.2, 0) is 14.8 Å². The van der Waals surface area contributed by atoms with Gasteiger partial charge >= 0.3 is 18.1 Å². The van der Waals surface area contributed by atoms with E-state index in [0.717, 1.165) is 12.1 Å². The number of carboxylic acids is 1. The maximum absolute atomic E-state index is 12.9. The highest BCUT2D eigenvalue weighted by Crippen LogP contribution is 2.40. The van der Waals surface area contributed by atoms with Crippen LogP contribution in [-0.4, -0.2) is 38.7 Å².